The predicted molar refractivity (Wildman–Crippen MR) is 75.7 cm³/mol. The first-order valence-electron chi connectivity index (χ1n) is 5.99. The van der Waals surface area contributed by atoms with Gasteiger partial charge in [-0.05, 0) is 37.1 Å². The Kier molecular flexibility index (Phi) is 5.08. The Morgan fingerprint density at radius 3 is 2.53 bits per heavy atom. The molecule has 0 radical (unpaired) electrons. The number of benzene rings is 1. The highest BCUT2D eigenvalue weighted by atomic mass is 32.2. The highest BCUT2D eigenvalue weighted by Gasteiger charge is 2.10. The molecule has 0 aliphatic heterocycles. The van der Waals surface area contributed by atoms with Crippen molar-refractivity contribution in [2.75, 3.05) is 12.0 Å². The molecule has 0 aromatic heterocycles. The first kappa shape index (κ1) is 15.7. The van der Waals surface area contributed by atoms with Crippen LogP contribution >= 0.6 is 0 Å². The Morgan fingerprint density at radius 2 is 2.05 bits per heavy atom. The van der Waals surface area contributed by atoms with Crippen LogP contribution in [0.25, 0.3) is 0 Å². The van der Waals surface area contributed by atoms with E-state index in [9.17, 15) is 13.2 Å². The van der Waals surface area contributed by atoms with Gasteiger partial charge in [0, 0.05) is 24.4 Å². The third kappa shape index (κ3) is 5.40. The highest BCUT2D eigenvalue weighted by molar-refractivity contribution is 7.90. The second kappa shape index (κ2) is 6.16. The van der Waals surface area contributed by atoms with Gasteiger partial charge >= 0.3 is 0 Å². The van der Waals surface area contributed by atoms with E-state index in [2.05, 4.69) is 5.32 Å². The summed E-state index contributed by atoms with van der Waals surface area (Å²) in [4.78, 5) is 11.0. The topological polar surface area (TPSA) is 89.3 Å². The lowest BCUT2D eigenvalue weighted by molar-refractivity contribution is 0.1000. The first-order valence-corrected chi connectivity index (χ1v) is 8.05. The van der Waals surface area contributed by atoms with Gasteiger partial charge in [-0.1, -0.05) is 6.07 Å². The van der Waals surface area contributed by atoms with Crippen molar-refractivity contribution in [1.29, 1.82) is 0 Å². The molecule has 1 aromatic rings. The standard InChI is InChI=1S/C13H20N2O3S/c1-9-6-11(13(14)16)4-5-12(9)7-15-10(2)8-19(3,17)18/h4-6,10,15H,7-8H2,1-3H3,(H2,14,16). The van der Waals surface area contributed by atoms with E-state index >= 15 is 0 Å². The van der Waals surface area contributed by atoms with Gasteiger partial charge in [-0.15, -0.1) is 0 Å². The van der Waals surface area contributed by atoms with E-state index in [-0.39, 0.29) is 11.8 Å². The van der Waals surface area contributed by atoms with Gasteiger partial charge in [0.05, 0.1) is 5.75 Å². The highest BCUT2D eigenvalue weighted by Crippen LogP contribution is 2.11. The zero-order valence-electron chi connectivity index (χ0n) is 11.4. The fourth-order valence-electron chi connectivity index (χ4n) is 1.84. The molecule has 1 aromatic carbocycles. The summed E-state index contributed by atoms with van der Waals surface area (Å²) in [5, 5.41) is 3.15. The Labute approximate surface area is 114 Å². The van der Waals surface area contributed by atoms with Crippen molar-refractivity contribution < 1.29 is 13.2 Å². The normalized spacial score (nSPS) is 13.2. The molecule has 0 aliphatic carbocycles. The molecule has 5 nitrogen and oxygen atoms in total. The SMILES string of the molecule is Cc1cc(C(N)=O)ccc1CNC(C)CS(C)(=O)=O. The van der Waals surface area contributed by atoms with Gasteiger partial charge in [-0.2, -0.15) is 0 Å². The number of amides is 1. The lowest BCUT2D eigenvalue weighted by Gasteiger charge is -2.14. The third-order valence-corrected chi connectivity index (χ3v) is 3.93. The zero-order chi connectivity index (χ0) is 14.6. The van der Waals surface area contributed by atoms with Crippen LogP contribution in [0.2, 0.25) is 0 Å². The quantitative estimate of drug-likeness (QED) is 0.801. The number of carbonyl (C=O) groups is 1. The van der Waals surface area contributed by atoms with E-state index in [0.29, 0.717) is 12.1 Å². The summed E-state index contributed by atoms with van der Waals surface area (Å²) in [5.74, 6) is -0.348. The first-order chi connectivity index (χ1) is 8.69. The van der Waals surface area contributed by atoms with Crippen LogP contribution in [0.5, 0.6) is 0 Å². The summed E-state index contributed by atoms with van der Waals surface area (Å²) in [5.41, 5.74) is 7.65. The molecule has 0 saturated heterocycles. The Bertz CT molecular complexity index is 567. The van der Waals surface area contributed by atoms with E-state index in [1.165, 1.54) is 6.26 Å². The van der Waals surface area contributed by atoms with Gasteiger partial charge in [-0.3, -0.25) is 4.79 Å². The average Bonchev–Trinajstić information content (AvgIpc) is 2.24. The number of hydrogen-bond donors (Lipinski definition) is 2. The Hall–Kier alpha value is -1.40. The summed E-state index contributed by atoms with van der Waals surface area (Å²) in [6.45, 7) is 4.28. The molecule has 0 spiro atoms. The van der Waals surface area contributed by atoms with Crippen molar-refractivity contribution in [2.24, 2.45) is 5.73 Å². The monoisotopic (exact) mass is 284 g/mol. The van der Waals surface area contributed by atoms with Crippen molar-refractivity contribution in [3.63, 3.8) is 0 Å². The largest absolute Gasteiger partial charge is 0.366 e. The number of nitrogens with one attached hydrogen (secondary N) is 1. The van der Waals surface area contributed by atoms with Crippen LogP contribution < -0.4 is 11.1 Å². The maximum absolute atomic E-state index is 11.1. The lowest BCUT2D eigenvalue weighted by atomic mass is 10.0. The number of carbonyl (C=O) groups excluding carboxylic acids is 1. The molecule has 1 amide bonds. The zero-order valence-corrected chi connectivity index (χ0v) is 12.3. The molecule has 0 aliphatic rings. The Morgan fingerprint density at radius 1 is 1.42 bits per heavy atom. The molecule has 0 heterocycles. The van der Waals surface area contributed by atoms with Gasteiger partial charge in [0.25, 0.3) is 0 Å². The molecule has 3 N–H and O–H groups in total. The van der Waals surface area contributed by atoms with E-state index in [0.717, 1.165) is 11.1 Å². The summed E-state index contributed by atoms with van der Waals surface area (Å²) in [7, 11) is -2.98. The van der Waals surface area contributed by atoms with E-state index in [1.54, 1.807) is 12.1 Å². The van der Waals surface area contributed by atoms with Gasteiger partial charge in [-0.25, -0.2) is 8.42 Å². The smallest absolute Gasteiger partial charge is 0.248 e. The summed E-state index contributed by atoms with van der Waals surface area (Å²) in [6, 6.07) is 5.12. The minimum atomic E-state index is -2.98. The number of aryl methyl sites for hydroxylation is 1. The van der Waals surface area contributed by atoms with Crippen molar-refractivity contribution in [3.05, 3.63) is 34.9 Å². The molecule has 0 saturated carbocycles. The fourth-order valence-corrected chi connectivity index (χ4v) is 2.87. The average molecular weight is 284 g/mol. The van der Waals surface area contributed by atoms with Gasteiger partial charge in [0.15, 0.2) is 0 Å². The summed E-state index contributed by atoms with van der Waals surface area (Å²) < 4.78 is 22.3. The van der Waals surface area contributed by atoms with Crippen molar-refractivity contribution in [1.82, 2.24) is 5.32 Å². The minimum Gasteiger partial charge on any atom is -0.366 e. The number of nitrogens with two attached hydrogens (primary N) is 1. The van der Waals surface area contributed by atoms with Crippen LogP contribution in [0.3, 0.4) is 0 Å². The molecule has 0 fully saturated rings. The molecular formula is C13H20N2O3S. The van der Waals surface area contributed by atoms with Crippen molar-refractivity contribution in [3.8, 4) is 0 Å². The van der Waals surface area contributed by atoms with Crippen molar-refractivity contribution >= 4 is 15.7 Å². The van der Waals surface area contributed by atoms with Gasteiger partial charge < -0.3 is 11.1 Å². The molecule has 6 heteroatoms. The van der Waals surface area contributed by atoms with Crippen LogP contribution in [0.4, 0.5) is 0 Å². The molecule has 0 bridgehead atoms. The summed E-state index contributed by atoms with van der Waals surface area (Å²) in [6.07, 6.45) is 1.22. The van der Waals surface area contributed by atoms with Crippen LogP contribution in [0.1, 0.15) is 28.4 Å². The van der Waals surface area contributed by atoms with E-state index in [4.69, 9.17) is 5.73 Å². The maximum atomic E-state index is 11.1. The molecular weight excluding hydrogens is 264 g/mol. The maximum Gasteiger partial charge on any atom is 0.248 e. The lowest BCUT2D eigenvalue weighted by Crippen LogP contribution is -2.32. The number of hydrogen-bond acceptors (Lipinski definition) is 4. The van der Waals surface area contributed by atoms with Gasteiger partial charge in [0.1, 0.15) is 9.84 Å². The second-order valence-electron chi connectivity index (χ2n) is 4.88. The van der Waals surface area contributed by atoms with Gasteiger partial charge in [0.2, 0.25) is 5.91 Å². The molecule has 106 valence electrons. The molecule has 19 heavy (non-hydrogen) atoms. The van der Waals surface area contributed by atoms with Crippen molar-refractivity contribution in [2.45, 2.75) is 26.4 Å². The van der Waals surface area contributed by atoms with Crippen LogP contribution in [0, 0.1) is 6.92 Å². The van der Waals surface area contributed by atoms with Crippen LogP contribution in [-0.4, -0.2) is 32.4 Å². The number of primary amides is 1. The predicted octanol–water partition coefficient (Wildman–Crippen LogP) is 0.617. The molecule has 1 rings (SSSR count). The fraction of sp³-hybridized carbons (Fsp3) is 0.462. The second-order valence-corrected chi connectivity index (χ2v) is 7.06. The number of rotatable bonds is 6. The van der Waals surface area contributed by atoms with Crippen LogP contribution in [0.15, 0.2) is 18.2 Å². The van der Waals surface area contributed by atoms with Crippen LogP contribution in [-0.2, 0) is 16.4 Å². The van der Waals surface area contributed by atoms with E-state index in [1.807, 2.05) is 19.9 Å². The minimum absolute atomic E-state index is 0.103. The van der Waals surface area contributed by atoms with E-state index < -0.39 is 15.7 Å². The molecule has 1 unspecified atom stereocenters. The molecule has 1 atom stereocenters. The third-order valence-electron chi connectivity index (χ3n) is 2.82. The summed E-state index contributed by atoms with van der Waals surface area (Å²) >= 11 is 0. The Balaban J connectivity index is 2.66. The number of sulfone groups is 1.